The fraction of sp³-hybridized carbons (Fsp3) is 0. The third-order valence-corrected chi connectivity index (χ3v) is 1.09. The Bertz CT molecular complexity index is 224. The second kappa shape index (κ2) is 3.62. The van der Waals surface area contributed by atoms with Gasteiger partial charge in [0.2, 0.25) is 0 Å². The molecule has 1 aromatic rings. The van der Waals surface area contributed by atoms with Crippen molar-refractivity contribution >= 4 is 6.08 Å². The normalized spacial score (nSPS) is 10.0. The van der Waals surface area contributed by atoms with Crippen LogP contribution in [0.15, 0.2) is 43.1 Å². The molecule has 0 bridgehead atoms. The van der Waals surface area contributed by atoms with Gasteiger partial charge in [0.15, 0.2) is 0 Å². The molecule has 50 valence electrons. The van der Waals surface area contributed by atoms with Crippen LogP contribution in [0.4, 0.5) is 0 Å². The van der Waals surface area contributed by atoms with Gasteiger partial charge in [-0.05, 0) is 18.2 Å². The first-order valence-corrected chi connectivity index (χ1v) is 3.13. The number of rotatable bonds is 2. The topological polar surface area (TPSA) is 12.9 Å². The summed E-state index contributed by atoms with van der Waals surface area (Å²) in [6, 6.07) is 5.79. The standard InChI is InChI=1S/C9H9N/c1-2-3-6-9-7-4-5-8-10-9/h2-8H,1H2/b6-3-. The van der Waals surface area contributed by atoms with Crippen molar-refractivity contribution in [1.29, 1.82) is 0 Å². The molecule has 0 aliphatic carbocycles. The summed E-state index contributed by atoms with van der Waals surface area (Å²) in [5, 5.41) is 0. The van der Waals surface area contributed by atoms with Crippen LogP contribution in [0.25, 0.3) is 6.08 Å². The lowest BCUT2D eigenvalue weighted by molar-refractivity contribution is 1.30. The van der Waals surface area contributed by atoms with E-state index in [2.05, 4.69) is 11.6 Å². The molecule has 1 heteroatoms. The Morgan fingerprint density at radius 3 is 2.90 bits per heavy atom. The van der Waals surface area contributed by atoms with E-state index in [1.54, 1.807) is 12.3 Å². The van der Waals surface area contributed by atoms with Crippen LogP contribution >= 0.6 is 0 Å². The van der Waals surface area contributed by atoms with E-state index < -0.39 is 0 Å². The lowest BCUT2D eigenvalue weighted by Gasteiger charge is -1.86. The zero-order valence-corrected chi connectivity index (χ0v) is 5.70. The van der Waals surface area contributed by atoms with Crippen LogP contribution in [-0.4, -0.2) is 4.98 Å². The summed E-state index contributed by atoms with van der Waals surface area (Å²) < 4.78 is 0. The monoisotopic (exact) mass is 131 g/mol. The molecule has 0 saturated carbocycles. The van der Waals surface area contributed by atoms with Crippen molar-refractivity contribution in [2.45, 2.75) is 0 Å². The minimum absolute atomic E-state index is 0.961. The summed E-state index contributed by atoms with van der Waals surface area (Å²) in [4.78, 5) is 4.08. The second-order valence-corrected chi connectivity index (χ2v) is 1.85. The van der Waals surface area contributed by atoms with Crippen LogP contribution in [0.5, 0.6) is 0 Å². The van der Waals surface area contributed by atoms with Gasteiger partial charge in [0.05, 0.1) is 5.69 Å². The largest absolute Gasteiger partial charge is 0.257 e. The van der Waals surface area contributed by atoms with Gasteiger partial charge in [-0.3, -0.25) is 4.98 Å². The lowest BCUT2D eigenvalue weighted by Crippen LogP contribution is -1.74. The molecular formula is C9H9N. The summed E-state index contributed by atoms with van der Waals surface area (Å²) in [7, 11) is 0. The van der Waals surface area contributed by atoms with Gasteiger partial charge in [0.1, 0.15) is 0 Å². The summed E-state index contributed by atoms with van der Waals surface area (Å²) >= 11 is 0. The average Bonchev–Trinajstić information content (AvgIpc) is 2.03. The van der Waals surface area contributed by atoms with Crippen molar-refractivity contribution < 1.29 is 0 Å². The van der Waals surface area contributed by atoms with E-state index >= 15 is 0 Å². The summed E-state index contributed by atoms with van der Waals surface area (Å²) in [5.41, 5.74) is 0.961. The van der Waals surface area contributed by atoms with Crippen LogP contribution in [0.2, 0.25) is 0 Å². The van der Waals surface area contributed by atoms with E-state index in [4.69, 9.17) is 0 Å². The number of nitrogens with zero attached hydrogens (tertiary/aromatic N) is 1. The summed E-state index contributed by atoms with van der Waals surface area (Å²) in [5.74, 6) is 0. The number of aromatic nitrogens is 1. The molecule has 0 saturated heterocycles. The quantitative estimate of drug-likeness (QED) is 0.561. The van der Waals surface area contributed by atoms with Gasteiger partial charge in [-0.25, -0.2) is 0 Å². The molecule has 0 unspecified atom stereocenters. The maximum Gasteiger partial charge on any atom is 0.0629 e. The first-order chi connectivity index (χ1) is 4.93. The van der Waals surface area contributed by atoms with E-state index in [1.807, 2.05) is 30.4 Å². The van der Waals surface area contributed by atoms with E-state index in [0.29, 0.717) is 0 Å². The van der Waals surface area contributed by atoms with E-state index in [0.717, 1.165) is 5.69 Å². The first kappa shape index (κ1) is 6.75. The summed E-state index contributed by atoms with van der Waals surface area (Å²) in [6.45, 7) is 3.56. The van der Waals surface area contributed by atoms with Crippen LogP contribution in [0, 0.1) is 0 Å². The first-order valence-electron chi connectivity index (χ1n) is 3.13. The Hall–Kier alpha value is -1.37. The molecule has 1 nitrogen and oxygen atoms in total. The van der Waals surface area contributed by atoms with E-state index in [-0.39, 0.29) is 0 Å². The third-order valence-electron chi connectivity index (χ3n) is 1.09. The highest BCUT2D eigenvalue weighted by molar-refractivity contribution is 5.45. The number of hydrogen-bond acceptors (Lipinski definition) is 1. The minimum atomic E-state index is 0.961. The molecule has 0 aliphatic heterocycles. The SMILES string of the molecule is C=C/C=C\c1ccccn1. The van der Waals surface area contributed by atoms with Crippen molar-refractivity contribution in [3.05, 3.63) is 48.8 Å². The van der Waals surface area contributed by atoms with Gasteiger partial charge >= 0.3 is 0 Å². The highest BCUT2D eigenvalue weighted by atomic mass is 14.6. The van der Waals surface area contributed by atoms with Gasteiger partial charge in [-0.2, -0.15) is 0 Å². The maximum atomic E-state index is 4.08. The molecule has 0 amide bonds. The van der Waals surface area contributed by atoms with Gasteiger partial charge in [0.25, 0.3) is 0 Å². The van der Waals surface area contributed by atoms with Gasteiger partial charge in [-0.15, -0.1) is 0 Å². The van der Waals surface area contributed by atoms with Crippen molar-refractivity contribution in [2.24, 2.45) is 0 Å². The van der Waals surface area contributed by atoms with Crippen LogP contribution in [-0.2, 0) is 0 Å². The average molecular weight is 131 g/mol. The molecule has 0 fully saturated rings. The molecule has 0 atom stereocenters. The Kier molecular flexibility index (Phi) is 2.44. The van der Waals surface area contributed by atoms with Crippen LogP contribution in [0.1, 0.15) is 5.69 Å². The Balaban J connectivity index is 2.76. The Morgan fingerprint density at radius 2 is 2.30 bits per heavy atom. The van der Waals surface area contributed by atoms with Crippen LogP contribution < -0.4 is 0 Å². The van der Waals surface area contributed by atoms with Crippen molar-refractivity contribution in [3.8, 4) is 0 Å². The zero-order valence-electron chi connectivity index (χ0n) is 5.70. The number of pyridine rings is 1. The van der Waals surface area contributed by atoms with Crippen molar-refractivity contribution in [1.82, 2.24) is 4.98 Å². The van der Waals surface area contributed by atoms with E-state index in [1.165, 1.54) is 0 Å². The molecular weight excluding hydrogens is 122 g/mol. The molecule has 10 heavy (non-hydrogen) atoms. The maximum absolute atomic E-state index is 4.08. The lowest BCUT2D eigenvalue weighted by atomic mass is 10.3. The zero-order chi connectivity index (χ0) is 7.23. The smallest absolute Gasteiger partial charge is 0.0629 e. The molecule has 0 aromatic carbocycles. The van der Waals surface area contributed by atoms with Crippen LogP contribution in [0.3, 0.4) is 0 Å². The predicted molar refractivity (Wildman–Crippen MR) is 43.5 cm³/mol. The fourth-order valence-corrected chi connectivity index (χ4v) is 0.641. The fourth-order valence-electron chi connectivity index (χ4n) is 0.641. The molecule has 0 radical (unpaired) electrons. The number of allylic oxidation sites excluding steroid dienone is 2. The molecule has 0 aliphatic rings. The van der Waals surface area contributed by atoms with Gasteiger partial charge in [-0.1, -0.05) is 24.8 Å². The second-order valence-electron chi connectivity index (χ2n) is 1.85. The number of hydrogen-bond donors (Lipinski definition) is 0. The Labute approximate surface area is 60.7 Å². The molecule has 0 N–H and O–H groups in total. The Morgan fingerprint density at radius 1 is 1.40 bits per heavy atom. The van der Waals surface area contributed by atoms with Gasteiger partial charge in [0, 0.05) is 6.20 Å². The van der Waals surface area contributed by atoms with Crippen molar-refractivity contribution in [3.63, 3.8) is 0 Å². The molecule has 1 aromatic heterocycles. The molecule has 1 rings (SSSR count). The van der Waals surface area contributed by atoms with Gasteiger partial charge < -0.3 is 0 Å². The summed E-state index contributed by atoms with van der Waals surface area (Å²) in [6.07, 6.45) is 7.27. The molecule has 1 heterocycles. The third kappa shape index (κ3) is 1.86. The molecule has 0 spiro atoms. The highest BCUT2D eigenvalue weighted by Gasteiger charge is 1.79. The van der Waals surface area contributed by atoms with Crippen molar-refractivity contribution in [2.75, 3.05) is 0 Å². The minimum Gasteiger partial charge on any atom is -0.257 e. The predicted octanol–water partition coefficient (Wildman–Crippen LogP) is 2.28. The van der Waals surface area contributed by atoms with E-state index in [9.17, 15) is 0 Å². The highest BCUT2D eigenvalue weighted by Crippen LogP contribution is 1.95.